The molecule has 3 nitrogen and oxygen atoms in total. The van der Waals surface area contributed by atoms with Gasteiger partial charge in [0.25, 0.3) is 0 Å². The minimum atomic E-state index is 0.0203. The highest BCUT2D eigenvalue weighted by Crippen LogP contribution is 2.17. The van der Waals surface area contributed by atoms with Crippen molar-refractivity contribution in [3.8, 4) is 0 Å². The Kier molecular flexibility index (Phi) is 3.96. The van der Waals surface area contributed by atoms with E-state index in [9.17, 15) is 4.79 Å². The number of nitrogens with one attached hydrogen (secondary N) is 2. The Balaban J connectivity index is 1.67. The van der Waals surface area contributed by atoms with Gasteiger partial charge in [-0.3, -0.25) is 4.79 Å². The minimum Gasteiger partial charge on any atom is -0.359 e. The standard InChI is InChI=1S/C19H20N2O/c1-13-10-17-11-15(8-9-18(17)20-13)12-19(22)21-14(2)16-6-4-3-5-7-16/h3-11,14,20H,12H2,1-2H3,(H,21,22). The van der Waals surface area contributed by atoms with E-state index in [0.717, 1.165) is 27.7 Å². The summed E-state index contributed by atoms with van der Waals surface area (Å²) >= 11 is 0. The lowest BCUT2D eigenvalue weighted by Crippen LogP contribution is -2.28. The summed E-state index contributed by atoms with van der Waals surface area (Å²) in [4.78, 5) is 15.5. The van der Waals surface area contributed by atoms with Gasteiger partial charge in [-0.25, -0.2) is 0 Å². The predicted molar refractivity (Wildman–Crippen MR) is 89.7 cm³/mol. The third-order valence-electron chi connectivity index (χ3n) is 3.86. The van der Waals surface area contributed by atoms with Gasteiger partial charge in [-0.2, -0.15) is 0 Å². The van der Waals surface area contributed by atoms with Crippen LogP contribution in [0.4, 0.5) is 0 Å². The molecular formula is C19H20N2O. The van der Waals surface area contributed by atoms with Crippen LogP contribution in [0.1, 0.15) is 29.8 Å². The van der Waals surface area contributed by atoms with E-state index >= 15 is 0 Å². The quantitative estimate of drug-likeness (QED) is 0.752. The molecule has 3 heteroatoms. The molecule has 0 fully saturated rings. The van der Waals surface area contributed by atoms with Crippen LogP contribution in [0.5, 0.6) is 0 Å². The molecule has 1 amide bonds. The molecule has 1 heterocycles. The summed E-state index contributed by atoms with van der Waals surface area (Å²) in [5, 5.41) is 4.20. The Labute approximate surface area is 130 Å². The van der Waals surface area contributed by atoms with E-state index < -0.39 is 0 Å². The summed E-state index contributed by atoms with van der Waals surface area (Å²) in [5.41, 5.74) is 4.39. The lowest BCUT2D eigenvalue weighted by molar-refractivity contribution is -0.121. The van der Waals surface area contributed by atoms with Crippen LogP contribution in [0.25, 0.3) is 10.9 Å². The van der Waals surface area contributed by atoms with E-state index in [4.69, 9.17) is 0 Å². The number of aromatic amines is 1. The number of carbonyl (C=O) groups excluding carboxylic acids is 1. The van der Waals surface area contributed by atoms with Crippen LogP contribution in [0.15, 0.2) is 54.6 Å². The predicted octanol–water partition coefficient (Wildman–Crippen LogP) is 3.90. The van der Waals surface area contributed by atoms with Crippen molar-refractivity contribution in [3.05, 3.63) is 71.4 Å². The SMILES string of the molecule is Cc1cc2cc(CC(=O)NC(C)c3ccccc3)ccc2[nH]1. The fourth-order valence-electron chi connectivity index (χ4n) is 2.74. The molecule has 1 aromatic heterocycles. The van der Waals surface area contributed by atoms with Crippen molar-refractivity contribution in [2.24, 2.45) is 0 Å². The molecule has 0 radical (unpaired) electrons. The number of hydrogen-bond donors (Lipinski definition) is 2. The maximum absolute atomic E-state index is 12.2. The maximum Gasteiger partial charge on any atom is 0.224 e. The molecule has 0 spiro atoms. The van der Waals surface area contributed by atoms with Gasteiger partial charge in [-0.1, -0.05) is 36.4 Å². The molecule has 1 unspecified atom stereocenters. The van der Waals surface area contributed by atoms with Gasteiger partial charge in [0.15, 0.2) is 0 Å². The number of fused-ring (bicyclic) bond motifs is 1. The molecular weight excluding hydrogens is 272 g/mol. The van der Waals surface area contributed by atoms with E-state index in [-0.39, 0.29) is 11.9 Å². The topological polar surface area (TPSA) is 44.9 Å². The second kappa shape index (κ2) is 6.06. The fraction of sp³-hybridized carbons (Fsp3) is 0.211. The van der Waals surface area contributed by atoms with Gasteiger partial charge in [0.2, 0.25) is 5.91 Å². The summed E-state index contributed by atoms with van der Waals surface area (Å²) in [5.74, 6) is 0.0444. The van der Waals surface area contributed by atoms with Crippen molar-refractivity contribution in [1.29, 1.82) is 0 Å². The molecule has 3 aromatic rings. The number of aromatic nitrogens is 1. The maximum atomic E-state index is 12.2. The smallest absolute Gasteiger partial charge is 0.224 e. The average Bonchev–Trinajstić information content (AvgIpc) is 2.87. The van der Waals surface area contributed by atoms with Crippen molar-refractivity contribution >= 4 is 16.8 Å². The summed E-state index contributed by atoms with van der Waals surface area (Å²) in [7, 11) is 0. The molecule has 0 aliphatic carbocycles. The van der Waals surface area contributed by atoms with Crippen LogP contribution in [-0.4, -0.2) is 10.9 Å². The Bertz CT molecular complexity index is 790. The molecule has 0 saturated carbocycles. The zero-order valence-electron chi connectivity index (χ0n) is 12.9. The highest BCUT2D eigenvalue weighted by molar-refractivity contribution is 5.84. The van der Waals surface area contributed by atoms with E-state index in [1.165, 1.54) is 0 Å². The average molecular weight is 292 g/mol. The van der Waals surface area contributed by atoms with Crippen molar-refractivity contribution in [2.75, 3.05) is 0 Å². The summed E-state index contributed by atoms with van der Waals surface area (Å²) in [6, 6.07) is 18.2. The fourth-order valence-corrected chi connectivity index (χ4v) is 2.74. The zero-order chi connectivity index (χ0) is 15.5. The van der Waals surface area contributed by atoms with Crippen molar-refractivity contribution in [1.82, 2.24) is 10.3 Å². The Hall–Kier alpha value is -2.55. The van der Waals surface area contributed by atoms with Crippen LogP contribution < -0.4 is 5.32 Å². The Morgan fingerprint density at radius 3 is 2.68 bits per heavy atom. The Morgan fingerprint density at radius 2 is 1.91 bits per heavy atom. The molecule has 1 atom stereocenters. The van der Waals surface area contributed by atoms with Crippen molar-refractivity contribution < 1.29 is 4.79 Å². The third kappa shape index (κ3) is 3.19. The van der Waals surface area contributed by atoms with Crippen molar-refractivity contribution in [3.63, 3.8) is 0 Å². The largest absolute Gasteiger partial charge is 0.359 e. The van der Waals surface area contributed by atoms with Crippen LogP contribution in [0.3, 0.4) is 0 Å². The van der Waals surface area contributed by atoms with Crippen LogP contribution in [0.2, 0.25) is 0 Å². The van der Waals surface area contributed by atoms with Gasteiger partial charge in [0.05, 0.1) is 12.5 Å². The molecule has 2 aromatic carbocycles. The van der Waals surface area contributed by atoms with Crippen LogP contribution >= 0.6 is 0 Å². The van der Waals surface area contributed by atoms with E-state index in [1.54, 1.807) is 0 Å². The number of hydrogen-bond acceptors (Lipinski definition) is 1. The number of carbonyl (C=O) groups is 1. The number of aryl methyl sites for hydroxylation is 1. The van der Waals surface area contributed by atoms with Crippen LogP contribution in [-0.2, 0) is 11.2 Å². The van der Waals surface area contributed by atoms with E-state index in [1.807, 2.05) is 56.3 Å². The number of rotatable bonds is 4. The molecule has 0 bridgehead atoms. The van der Waals surface area contributed by atoms with Gasteiger partial charge in [0.1, 0.15) is 0 Å². The minimum absolute atomic E-state index is 0.0203. The molecule has 0 aliphatic heterocycles. The molecule has 2 N–H and O–H groups in total. The first-order chi connectivity index (χ1) is 10.6. The third-order valence-corrected chi connectivity index (χ3v) is 3.86. The first-order valence-electron chi connectivity index (χ1n) is 7.54. The second-order valence-electron chi connectivity index (χ2n) is 5.75. The number of H-pyrrole nitrogens is 1. The van der Waals surface area contributed by atoms with Gasteiger partial charge in [-0.15, -0.1) is 0 Å². The lowest BCUT2D eigenvalue weighted by Gasteiger charge is -2.14. The van der Waals surface area contributed by atoms with Gasteiger partial charge >= 0.3 is 0 Å². The van der Waals surface area contributed by atoms with Crippen molar-refractivity contribution in [2.45, 2.75) is 26.3 Å². The van der Waals surface area contributed by atoms with E-state index in [0.29, 0.717) is 6.42 Å². The summed E-state index contributed by atoms with van der Waals surface area (Å²) in [6.07, 6.45) is 0.400. The van der Waals surface area contributed by atoms with Crippen LogP contribution in [0, 0.1) is 6.92 Å². The lowest BCUT2D eigenvalue weighted by atomic mass is 10.1. The molecule has 112 valence electrons. The van der Waals surface area contributed by atoms with Gasteiger partial charge in [0, 0.05) is 11.2 Å². The molecule has 0 saturated heterocycles. The highest BCUT2D eigenvalue weighted by Gasteiger charge is 2.10. The summed E-state index contributed by atoms with van der Waals surface area (Å²) in [6.45, 7) is 4.04. The molecule has 0 aliphatic rings. The second-order valence-corrected chi connectivity index (χ2v) is 5.75. The number of benzene rings is 2. The Morgan fingerprint density at radius 1 is 1.14 bits per heavy atom. The first-order valence-corrected chi connectivity index (χ1v) is 7.54. The van der Waals surface area contributed by atoms with E-state index in [2.05, 4.69) is 22.4 Å². The first kappa shape index (κ1) is 14.4. The molecule has 22 heavy (non-hydrogen) atoms. The van der Waals surface area contributed by atoms with Gasteiger partial charge < -0.3 is 10.3 Å². The normalized spacial score (nSPS) is 12.3. The van der Waals surface area contributed by atoms with Gasteiger partial charge in [-0.05, 0) is 48.6 Å². The monoisotopic (exact) mass is 292 g/mol. The highest BCUT2D eigenvalue weighted by atomic mass is 16.1. The molecule has 3 rings (SSSR count). The zero-order valence-corrected chi connectivity index (χ0v) is 12.9. The number of amides is 1. The summed E-state index contributed by atoms with van der Waals surface area (Å²) < 4.78 is 0.